The minimum Gasteiger partial charge on any atom is -0.396 e. The molecule has 1 saturated heterocycles. The largest absolute Gasteiger partial charge is 0.396 e. The first kappa shape index (κ1) is 11.9. The molecule has 2 rings (SSSR count). The van der Waals surface area contributed by atoms with E-state index in [0.717, 1.165) is 25.9 Å². The van der Waals surface area contributed by atoms with Gasteiger partial charge in [0.2, 0.25) is 5.28 Å². The maximum absolute atomic E-state index is 9.16. The van der Waals surface area contributed by atoms with Gasteiger partial charge in [-0.3, -0.25) is 0 Å². The van der Waals surface area contributed by atoms with Gasteiger partial charge in [0.25, 0.3) is 0 Å². The van der Waals surface area contributed by atoms with Crippen molar-refractivity contribution in [2.75, 3.05) is 24.6 Å². The van der Waals surface area contributed by atoms with Crippen LogP contribution in [0.1, 0.15) is 12.8 Å². The van der Waals surface area contributed by atoms with E-state index in [1.54, 1.807) is 0 Å². The highest BCUT2D eigenvalue weighted by Crippen LogP contribution is 2.27. The molecule has 4 nitrogen and oxygen atoms in total. The van der Waals surface area contributed by atoms with E-state index in [2.05, 4.69) is 14.9 Å². The summed E-state index contributed by atoms with van der Waals surface area (Å²) in [6.45, 7) is 1.86. The van der Waals surface area contributed by atoms with Gasteiger partial charge in [-0.1, -0.05) is 11.6 Å². The van der Waals surface area contributed by atoms with E-state index in [9.17, 15) is 0 Å². The summed E-state index contributed by atoms with van der Waals surface area (Å²) in [4.78, 5) is 10.0. The van der Waals surface area contributed by atoms with Crippen LogP contribution in [0.25, 0.3) is 0 Å². The Bertz CT molecular complexity index is 375. The maximum atomic E-state index is 9.16. The van der Waals surface area contributed by atoms with Crippen molar-refractivity contribution in [3.05, 3.63) is 16.5 Å². The third-order valence-corrected chi connectivity index (χ3v) is 3.22. The third kappa shape index (κ3) is 2.56. The third-order valence-electron chi connectivity index (χ3n) is 2.77. The van der Waals surface area contributed by atoms with Crippen molar-refractivity contribution < 1.29 is 5.11 Å². The molecule has 0 spiro atoms. The zero-order valence-corrected chi connectivity index (χ0v) is 10.2. The summed E-state index contributed by atoms with van der Waals surface area (Å²) in [6, 6.07) is 0. The highest BCUT2D eigenvalue weighted by molar-refractivity contribution is 6.33. The average molecular weight is 262 g/mol. The van der Waals surface area contributed by atoms with Crippen LogP contribution in [0.3, 0.4) is 0 Å². The van der Waals surface area contributed by atoms with E-state index < -0.39 is 0 Å². The van der Waals surface area contributed by atoms with Crippen LogP contribution in [0.2, 0.25) is 10.3 Å². The summed E-state index contributed by atoms with van der Waals surface area (Å²) in [5, 5.41) is 9.86. The predicted octanol–water partition coefficient (Wildman–Crippen LogP) is 1.99. The number of anilines is 1. The topological polar surface area (TPSA) is 49.2 Å². The molecule has 16 heavy (non-hydrogen) atoms. The number of aliphatic hydroxyl groups is 1. The van der Waals surface area contributed by atoms with Crippen molar-refractivity contribution in [2.24, 2.45) is 5.92 Å². The zero-order valence-electron chi connectivity index (χ0n) is 8.74. The molecular weight excluding hydrogens is 249 g/mol. The summed E-state index contributed by atoms with van der Waals surface area (Å²) in [7, 11) is 0. The van der Waals surface area contributed by atoms with Gasteiger partial charge in [0.05, 0.1) is 6.20 Å². The van der Waals surface area contributed by atoms with E-state index in [1.807, 2.05) is 0 Å². The van der Waals surface area contributed by atoms with Crippen LogP contribution in [-0.2, 0) is 0 Å². The zero-order chi connectivity index (χ0) is 11.5. The number of aromatic nitrogens is 2. The molecule has 1 N–H and O–H groups in total. The first-order valence-corrected chi connectivity index (χ1v) is 6.00. The molecule has 0 bridgehead atoms. The van der Waals surface area contributed by atoms with Crippen LogP contribution in [0.4, 0.5) is 5.82 Å². The van der Waals surface area contributed by atoms with Crippen LogP contribution in [0.15, 0.2) is 6.20 Å². The Morgan fingerprint density at radius 2 is 2.31 bits per heavy atom. The molecule has 1 aliphatic rings. The molecule has 1 aromatic heterocycles. The maximum Gasteiger partial charge on any atom is 0.224 e. The van der Waals surface area contributed by atoms with Gasteiger partial charge in [0.1, 0.15) is 5.02 Å². The smallest absolute Gasteiger partial charge is 0.224 e. The van der Waals surface area contributed by atoms with E-state index in [4.69, 9.17) is 28.3 Å². The van der Waals surface area contributed by atoms with Crippen LogP contribution in [0, 0.1) is 5.92 Å². The Morgan fingerprint density at radius 3 is 3.06 bits per heavy atom. The number of nitrogens with zero attached hydrogens (tertiary/aromatic N) is 3. The van der Waals surface area contributed by atoms with E-state index in [0.29, 0.717) is 16.8 Å². The van der Waals surface area contributed by atoms with Gasteiger partial charge in [0.15, 0.2) is 5.82 Å². The molecule has 1 aromatic rings. The number of hydrogen-bond acceptors (Lipinski definition) is 4. The van der Waals surface area contributed by atoms with Gasteiger partial charge in [-0.2, -0.15) is 4.98 Å². The summed E-state index contributed by atoms with van der Waals surface area (Å²) in [6.07, 6.45) is 3.58. The molecule has 2 heterocycles. The monoisotopic (exact) mass is 261 g/mol. The fraction of sp³-hybridized carbons (Fsp3) is 0.600. The summed E-state index contributed by atoms with van der Waals surface area (Å²) < 4.78 is 0. The Kier molecular flexibility index (Phi) is 3.84. The predicted molar refractivity (Wildman–Crippen MR) is 64.1 cm³/mol. The van der Waals surface area contributed by atoms with Crippen LogP contribution >= 0.6 is 23.2 Å². The summed E-state index contributed by atoms with van der Waals surface area (Å²) in [5.41, 5.74) is 0. The van der Waals surface area contributed by atoms with Crippen LogP contribution < -0.4 is 4.90 Å². The Morgan fingerprint density at radius 1 is 1.50 bits per heavy atom. The van der Waals surface area contributed by atoms with Gasteiger partial charge in [-0.05, 0) is 30.4 Å². The second kappa shape index (κ2) is 5.17. The number of halogens is 2. The van der Waals surface area contributed by atoms with Gasteiger partial charge in [0, 0.05) is 19.7 Å². The lowest BCUT2D eigenvalue weighted by molar-refractivity contribution is 0.208. The highest BCUT2D eigenvalue weighted by Gasteiger charge is 2.22. The van der Waals surface area contributed by atoms with Crippen molar-refractivity contribution in [1.29, 1.82) is 0 Å². The fourth-order valence-electron chi connectivity index (χ4n) is 1.97. The number of piperidine rings is 1. The van der Waals surface area contributed by atoms with E-state index in [1.165, 1.54) is 6.20 Å². The molecule has 88 valence electrons. The van der Waals surface area contributed by atoms with E-state index >= 15 is 0 Å². The lowest BCUT2D eigenvalue weighted by atomic mass is 9.99. The first-order chi connectivity index (χ1) is 7.70. The second-order valence-electron chi connectivity index (χ2n) is 3.95. The van der Waals surface area contributed by atoms with Crippen molar-refractivity contribution >= 4 is 29.0 Å². The molecular formula is C10H13Cl2N3O. The quantitative estimate of drug-likeness (QED) is 0.828. The lowest BCUT2D eigenvalue weighted by Crippen LogP contribution is -2.37. The van der Waals surface area contributed by atoms with Gasteiger partial charge in [-0.25, -0.2) is 4.98 Å². The van der Waals surface area contributed by atoms with Crippen molar-refractivity contribution in [2.45, 2.75) is 12.8 Å². The summed E-state index contributed by atoms with van der Waals surface area (Å²) in [5.74, 6) is 0.957. The molecule has 6 heteroatoms. The second-order valence-corrected chi connectivity index (χ2v) is 4.69. The summed E-state index contributed by atoms with van der Waals surface area (Å²) >= 11 is 11.8. The molecule has 0 saturated carbocycles. The van der Waals surface area contributed by atoms with Crippen molar-refractivity contribution in [3.63, 3.8) is 0 Å². The van der Waals surface area contributed by atoms with Crippen LogP contribution in [0.5, 0.6) is 0 Å². The van der Waals surface area contributed by atoms with Gasteiger partial charge in [-0.15, -0.1) is 0 Å². The molecule has 1 atom stereocenters. The van der Waals surface area contributed by atoms with Crippen molar-refractivity contribution in [3.8, 4) is 0 Å². The van der Waals surface area contributed by atoms with Crippen LogP contribution in [-0.4, -0.2) is 34.8 Å². The minimum absolute atomic E-state index is 0.200. The molecule has 1 aliphatic heterocycles. The van der Waals surface area contributed by atoms with E-state index in [-0.39, 0.29) is 11.9 Å². The molecule has 0 amide bonds. The van der Waals surface area contributed by atoms with Gasteiger partial charge >= 0.3 is 0 Å². The molecule has 1 fully saturated rings. The standard InChI is InChI=1S/C10H13Cl2N3O/c11-8-4-13-10(12)14-9(8)15-3-1-2-7(5-15)6-16/h4,7,16H,1-3,5-6H2. The number of rotatable bonds is 2. The Labute approximate surface area is 104 Å². The minimum atomic E-state index is 0.200. The van der Waals surface area contributed by atoms with Gasteiger partial charge < -0.3 is 10.0 Å². The Balaban J connectivity index is 2.19. The lowest BCUT2D eigenvalue weighted by Gasteiger charge is -2.33. The molecule has 1 unspecified atom stereocenters. The number of hydrogen-bond donors (Lipinski definition) is 1. The normalized spacial score (nSPS) is 21.2. The molecule has 0 aliphatic carbocycles. The first-order valence-electron chi connectivity index (χ1n) is 5.24. The SMILES string of the molecule is OCC1CCCN(c2nc(Cl)ncc2Cl)C1. The Hall–Kier alpha value is -0.580. The number of aliphatic hydroxyl groups excluding tert-OH is 1. The molecule has 0 aromatic carbocycles. The average Bonchev–Trinajstić information content (AvgIpc) is 2.32. The highest BCUT2D eigenvalue weighted by atomic mass is 35.5. The molecule has 0 radical (unpaired) electrons. The van der Waals surface area contributed by atoms with Crippen molar-refractivity contribution in [1.82, 2.24) is 9.97 Å². The fourth-order valence-corrected chi connectivity index (χ4v) is 2.30.